The highest BCUT2D eigenvalue weighted by atomic mass is 35.5. The van der Waals surface area contributed by atoms with Crippen molar-refractivity contribution in [3.8, 4) is 0 Å². The Balaban J connectivity index is 1.42. The van der Waals surface area contributed by atoms with Crippen molar-refractivity contribution in [2.45, 2.75) is 13.0 Å². The van der Waals surface area contributed by atoms with E-state index >= 15 is 0 Å². The van der Waals surface area contributed by atoms with Crippen molar-refractivity contribution in [2.75, 3.05) is 23.3 Å². The number of halogens is 2. The number of carbonyl (C=O) groups is 2. The van der Waals surface area contributed by atoms with Gasteiger partial charge in [0.1, 0.15) is 5.82 Å². The maximum atomic E-state index is 13.3. The van der Waals surface area contributed by atoms with E-state index in [9.17, 15) is 14.0 Å². The molecule has 3 amide bonds. The molecule has 3 aromatic carbocycles. The van der Waals surface area contributed by atoms with E-state index in [1.54, 1.807) is 35.2 Å². The molecule has 3 aromatic rings. The number of hydrogen-bond donors (Lipinski definition) is 1. The van der Waals surface area contributed by atoms with E-state index in [2.05, 4.69) is 5.32 Å². The topological polar surface area (TPSA) is 52.7 Å². The molecule has 4 rings (SSSR count). The third kappa shape index (κ3) is 5.03. The molecular weight excluding hydrogens is 417 g/mol. The molecule has 0 saturated carbocycles. The highest BCUT2D eigenvalue weighted by molar-refractivity contribution is 6.30. The van der Waals surface area contributed by atoms with E-state index in [1.165, 1.54) is 18.2 Å². The lowest BCUT2D eigenvalue weighted by molar-refractivity contribution is 0.102. The third-order valence-corrected chi connectivity index (χ3v) is 5.37. The molecule has 5 nitrogen and oxygen atoms in total. The lowest BCUT2D eigenvalue weighted by atomic mass is 10.1. The fourth-order valence-electron chi connectivity index (χ4n) is 3.54. The maximum Gasteiger partial charge on any atom is 0.324 e. The molecular formula is C24H21ClFN3O2. The molecule has 1 fully saturated rings. The van der Waals surface area contributed by atoms with Crippen LogP contribution in [-0.2, 0) is 6.54 Å². The summed E-state index contributed by atoms with van der Waals surface area (Å²) < 4.78 is 13.3. The number of hydrogen-bond acceptors (Lipinski definition) is 2. The number of nitrogens with one attached hydrogen (secondary N) is 1. The van der Waals surface area contributed by atoms with Crippen molar-refractivity contribution in [2.24, 2.45) is 0 Å². The van der Waals surface area contributed by atoms with Crippen LogP contribution in [0.1, 0.15) is 22.3 Å². The lowest BCUT2D eigenvalue weighted by Gasteiger charge is -2.35. The van der Waals surface area contributed by atoms with E-state index in [0.717, 1.165) is 17.7 Å². The highest BCUT2D eigenvalue weighted by Crippen LogP contribution is 2.24. The number of benzene rings is 3. The van der Waals surface area contributed by atoms with Gasteiger partial charge in [-0.05, 0) is 66.6 Å². The van der Waals surface area contributed by atoms with Gasteiger partial charge in [0.25, 0.3) is 5.91 Å². The summed E-state index contributed by atoms with van der Waals surface area (Å²) in [5.41, 5.74) is 2.60. The summed E-state index contributed by atoms with van der Waals surface area (Å²) in [6, 6.07) is 20.0. The molecule has 31 heavy (non-hydrogen) atoms. The first-order chi connectivity index (χ1) is 15.0. The van der Waals surface area contributed by atoms with Crippen molar-refractivity contribution in [3.63, 3.8) is 0 Å². The van der Waals surface area contributed by atoms with Gasteiger partial charge in [0, 0.05) is 41.6 Å². The van der Waals surface area contributed by atoms with Gasteiger partial charge in [-0.25, -0.2) is 9.18 Å². The summed E-state index contributed by atoms with van der Waals surface area (Å²) in [6.45, 7) is 1.85. The van der Waals surface area contributed by atoms with Crippen LogP contribution in [-0.4, -0.2) is 29.9 Å². The molecule has 0 atom stereocenters. The first-order valence-electron chi connectivity index (χ1n) is 9.97. The van der Waals surface area contributed by atoms with Crippen molar-refractivity contribution in [3.05, 3.63) is 94.8 Å². The highest BCUT2D eigenvalue weighted by Gasteiger charge is 2.26. The Morgan fingerprint density at radius 2 is 1.74 bits per heavy atom. The fraction of sp³-hybridized carbons (Fsp3) is 0.167. The van der Waals surface area contributed by atoms with Crippen molar-refractivity contribution >= 4 is 34.9 Å². The number of anilines is 2. The number of urea groups is 1. The van der Waals surface area contributed by atoms with Crippen LogP contribution in [0.3, 0.4) is 0 Å². The smallest absolute Gasteiger partial charge is 0.322 e. The predicted octanol–water partition coefficient (Wildman–Crippen LogP) is 5.56. The molecule has 1 heterocycles. The van der Waals surface area contributed by atoms with Crippen LogP contribution in [0.15, 0.2) is 72.8 Å². The molecule has 0 unspecified atom stereocenters. The maximum absolute atomic E-state index is 13.3. The fourth-order valence-corrected chi connectivity index (χ4v) is 3.66. The van der Waals surface area contributed by atoms with Crippen LogP contribution in [0.25, 0.3) is 0 Å². The summed E-state index contributed by atoms with van der Waals surface area (Å²) in [7, 11) is 0. The lowest BCUT2D eigenvalue weighted by Crippen LogP contribution is -2.49. The second kappa shape index (κ2) is 9.18. The number of rotatable bonds is 5. The molecule has 0 bridgehead atoms. The van der Waals surface area contributed by atoms with Gasteiger partial charge in [0.2, 0.25) is 0 Å². The Bertz CT molecular complexity index is 1090. The van der Waals surface area contributed by atoms with E-state index in [-0.39, 0.29) is 11.6 Å². The van der Waals surface area contributed by atoms with Gasteiger partial charge in [-0.3, -0.25) is 9.69 Å². The van der Waals surface area contributed by atoms with Crippen LogP contribution < -0.4 is 10.2 Å². The molecule has 0 aromatic heterocycles. The average molecular weight is 438 g/mol. The summed E-state index contributed by atoms with van der Waals surface area (Å²) in [4.78, 5) is 28.8. The first kappa shape index (κ1) is 20.9. The van der Waals surface area contributed by atoms with Gasteiger partial charge in [-0.1, -0.05) is 29.8 Å². The summed E-state index contributed by atoms with van der Waals surface area (Å²) in [5.74, 6) is -0.856. The van der Waals surface area contributed by atoms with Crippen LogP contribution >= 0.6 is 11.6 Å². The van der Waals surface area contributed by atoms with Crippen molar-refractivity contribution < 1.29 is 14.0 Å². The van der Waals surface area contributed by atoms with Crippen molar-refractivity contribution in [1.82, 2.24) is 4.90 Å². The zero-order valence-electron chi connectivity index (χ0n) is 16.7. The molecule has 1 aliphatic rings. The van der Waals surface area contributed by atoms with Crippen LogP contribution in [0.2, 0.25) is 5.02 Å². The van der Waals surface area contributed by atoms with Gasteiger partial charge in [0.15, 0.2) is 0 Å². The molecule has 0 spiro atoms. The molecule has 158 valence electrons. The Hall–Kier alpha value is -3.38. The minimum absolute atomic E-state index is 0.0576. The van der Waals surface area contributed by atoms with Gasteiger partial charge < -0.3 is 10.2 Å². The average Bonchev–Trinajstić information content (AvgIpc) is 2.77. The number of nitrogens with zero attached hydrogens (tertiary/aromatic N) is 2. The number of amides is 3. The minimum Gasteiger partial charge on any atom is -0.322 e. The van der Waals surface area contributed by atoms with Crippen LogP contribution in [0.5, 0.6) is 0 Å². The van der Waals surface area contributed by atoms with E-state index < -0.39 is 11.7 Å². The first-order valence-corrected chi connectivity index (χ1v) is 10.4. The molecule has 1 aliphatic heterocycles. The van der Waals surface area contributed by atoms with Gasteiger partial charge >= 0.3 is 6.03 Å². The quantitative estimate of drug-likeness (QED) is 0.567. The van der Waals surface area contributed by atoms with Crippen molar-refractivity contribution in [1.29, 1.82) is 0 Å². The molecule has 0 aliphatic carbocycles. The molecule has 1 N–H and O–H groups in total. The third-order valence-electron chi connectivity index (χ3n) is 5.12. The zero-order chi connectivity index (χ0) is 21.8. The van der Waals surface area contributed by atoms with Gasteiger partial charge in [-0.15, -0.1) is 0 Å². The standard InChI is InChI=1S/C24H21ClFN3O2/c25-19-7-5-17(6-8-19)16-28-13-2-14-29(24(28)31)22-11-9-21(10-12-22)27-23(30)18-3-1-4-20(26)15-18/h1,3-12,15H,2,13-14,16H2,(H,27,30). The van der Waals surface area contributed by atoms with E-state index in [0.29, 0.717) is 30.3 Å². The van der Waals surface area contributed by atoms with Gasteiger partial charge in [-0.2, -0.15) is 0 Å². The van der Waals surface area contributed by atoms with Crippen LogP contribution in [0, 0.1) is 5.82 Å². The van der Waals surface area contributed by atoms with Gasteiger partial charge in [0.05, 0.1) is 0 Å². The predicted molar refractivity (Wildman–Crippen MR) is 120 cm³/mol. The second-order valence-corrected chi connectivity index (χ2v) is 7.78. The summed E-state index contributed by atoms with van der Waals surface area (Å²) in [6.07, 6.45) is 0.859. The Labute approximate surface area is 185 Å². The normalized spacial score (nSPS) is 13.9. The minimum atomic E-state index is -0.463. The zero-order valence-corrected chi connectivity index (χ0v) is 17.5. The van der Waals surface area contributed by atoms with Crippen LogP contribution in [0.4, 0.5) is 20.6 Å². The molecule has 1 saturated heterocycles. The Kier molecular flexibility index (Phi) is 6.18. The SMILES string of the molecule is O=C(Nc1ccc(N2CCCN(Cc3ccc(Cl)cc3)C2=O)cc1)c1cccc(F)c1. The summed E-state index contributed by atoms with van der Waals surface area (Å²) in [5, 5.41) is 3.41. The second-order valence-electron chi connectivity index (χ2n) is 7.35. The van der Waals surface area contributed by atoms with E-state index in [4.69, 9.17) is 11.6 Å². The Morgan fingerprint density at radius 1 is 1.00 bits per heavy atom. The monoisotopic (exact) mass is 437 g/mol. The summed E-state index contributed by atoms with van der Waals surface area (Å²) >= 11 is 5.94. The Morgan fingerprint density at radius 3 is 2.45 bits per heavy atom. The molecule has 7 heteroatoms. The molecule has 0 radical (unpaired) electrons. The number of carbonyl (C=O) groups excluding carboxylic acids is 2. The largest absolute Gasteiger partial charge is 0.324 e. The van der Waals surface area contributed by atoms with E-state index in [1.807, 2.05) is 29.2 Å².